The summed E-state index contributed by atoms with van der Waals surface area (Å²) >= 11 is 0. The second-order valence-corrected chi connectivity index (χ2v) is 19.7. The zero-order valence-corrected chi connectivity index (χ0v) is 40.0. The van der Waals surface area contributed by atoms with E-state index in [1.807, 2.05) is 24.0 Å². The average molecular weight is 855 g/mol. The first-order valence-electron chi connectivity index (χ1n) is 23.9. The summed E-state index contributed by atoms with van der Waals surface area (Å²) in [5.41, 5.74) is -1.20. The van der Waals surface area contributed by atoms with Crippen LogP contribution in [0.15, 0.2) is 0 Å². The van der Waals surface area contributed by atoms with Crippen LogP contribution in [0.5, 0.6) is 0 Å². The molecule has 2 fully saturated rings. The molecule has 352 valence electrons. The van der Waals surface area contributed by atoms with Crippen molar-refractivity contribution in [1.29, 1.82) is 0 Å². The minimum absolute atomic E-state index is 0.0553. The standard InChI is InChI=1S/C27H51NO5.C21H39NO5/c1-6-7-8-9-14-17-22-32-23-20-21-26(2,3)28(27(23,4)5)33-25(31)19-16-13-11-10-12-15-18-24(29)30;1-6-7-8-9-10-11-16-26-22-20(2,3)15-14-17(21(22,4)5)27-19(25)13-12-18(23)24/h23H,6-22H2,1-5H3,(H,29,30);17H,6-16H2,1-5H3,(H,23,24). The Balaban J connectivity index is 0.000000612. The van der Waals surface area contributed by atoms with Crippen molar-refractivity contribution in [1.82, 2.24) is 10.1 Å². The van der Waals surface area contributed by atoms with Crippen LogP contribution >= 0.6 is 0 Å². The molecule has 0 bridgehead atoms. The molecule has 0 aliphatic carbocycles. The van der Waals surface area contributed by atoms with Gasteiger partial charge >= 0.3 is 23.9 Å². The van der Waals surface area contributed by atoms with Crippen LogP contribution < -0.4 is 0 Å². The van der Waals surface area contributed by atoms with E-state index in [1.54, 1.807) is 0 Å². The number of hydrogen-bond donors (Lipinski definition) is 2. The van der Waals surface area contributed by atoms with Crippen LogP contribution in [0.4, 0.5) is 0 Å². The number of carboxylic acid groups (broad SMARTS) is 2. The van der Waals surface area contributed by atoms with E-state index in [4.69, 9.17) is 29.4 Å². The predicted molar refractivity (Wildman–Crippen MR) is 238 cm³/mol. The number of carboxylic acids is 2. The van der Waals surface area contributed by atoms with Gasteiger partial charge in [-0.25, -0.2) is 0 Å². The number of nitrogens with zero attached hydrogens (tertiary/aromatic N) is 2. The van der Waals surface area contributed by atoms with E-state index in [1.165, 1.54) is 64.2 Å². The average Bonchev–Trinajstić information content (AvgIpc) is 3.16. The Morgan fingerprint density at radius 2 is 0.933 bits per heavy atom. The summed E-state index contributed by atoms with van der Waals surface area (Å²) in [6, 6.07) is 0. The third-order valence-corrected chi connectivity index (χ3v) is 12.3. The largest absolute Gasteiger partial charge is 0.481 e. The minimum atomic E-state index is -0.986. The van der Waals surface area contributed by atoms with Crippen molar-refractivity contribution >= 4 is 23.9 Å². The van der Waals surface area contributed by atoms with E-state index in [9.17, 15) is 19.2 Å². The summed E-state index contributed by atoms with van der Waals surface area (Å²) < 4.78 is 11.9. The zero-order valence-electron chi connectivity index (χ0n) is 40.0. The molecule has 2 heterocycles. The van der Waals surface area contributed by atoms with E-state index < -0.39 is 23.4 Å². The topological polar surface area (TPSA) is 152 Å². The highest BCUT2D eigenvalue weighted by atomic mass is 16.7. The Morgan fingerprint density at radius 3 is 1.47 bits per heavy atom. The van der Waals surface area contributed by atoms with Crippen LogP contribution in [-0.2, 0) is 38.3 Å². The van der Waals surface area contributed by atoms with Gasteiger partial charge in [-0.3, -0.25) is 24.0 Å². The SMILES string of the molecule is CCCCCCCCOC1CCC(C)(C)N(OC(=O)CCCCCCCCC(=O)O)C1(C)C.CCCCCCCCON1C(C)(C)CCC(OC(=O)CCC(=O)O)C1(C)C. The lowest BCUT2D eigenvalue weighted by atomic mass is 9.79. The van der Waals surface area contributed by atoms with Crippen molar-refractivity contribution < 1.29 is 48.5 Å². The van der Waals surface area contributed by atoms with E-state index in [2.05, 4.69) is 55.4 Å². The fourth-order valence-corrected chi connectivity index (χ4v) is 8.75. The van der Waals surface area contributed by atoms with Crippen molar-refractivity contribution in [3.8, 4) is 0 Å². The first-order chi connectivity index (χ1) is 28.2. The van der Waals surface area contributed by atoms with Gasteiger partial charge in [-0.05, 0) is 107 Å². The smallest absolute Gasteiger partial charge is 0.325 e. The Kier molecular flexibility index (Phi) is 27.1. The molecule has 12 heteroatoms. The van der Waals surface area contributed by atoms with Crippen molar-refractivity contribution in [3.63, 3.8) is 0 Å². The van der Waals surface area contributed by atoms with Crippen molar-refractivity contribution in [2.24, 2.45) is 0 Å². The number of rotatable bonds is 30. The molecule has 12 nitrogen and oxygen atoms in total. The fourth-order valence-electron chi connectivity index (χ4n) is 8.75. The molecule has 2 unspecified atom stereocenters. The van der Waals surface area contributed by atoms with Crippen LogP contribution in [0, 0.1) is 0 Å². The molecule has 0 amide bonds. The van der Waals surface area contributed by atoms with Gasteiger partial charge in [-0.1, -0.05) is 104 Å². The van der Waals surface area contributed by atoms with Gasteiger partial charge in [0.15, 0.2) is 0 Å². The molecule has 0 aromatic rings. The first kappa shape index (κ1) is 55.7. The zero-order chi connectivity index (χ0) is 45.2. The number of carbonyl (C=O) groups is 4. The lowest BCUT2D eigenvalue weighted by molar-refractivity contribution is -0.304. The molecule has 2 atom stereocenters. The first-order valence-corrected chi connectivity index (χ1v) is 23.9. The number of ether oxygens (including phenoxy) is 2. The van der Waals surface area contributed by atoms with Gasteiger partial charge in [-0.2, -0.15) is 5.06 Å². The Morgan fingerprint density at radius 1 is 0.500 bits per heavy atom. The Hall–Kier alpha value is -2.28. The lowest BCUT2D eigenvalue weighted by Gasteiger charge is -2.54. The van der Waals surface area contributed by atoms with Crippen LogP contribution in [0.1, 0.15) is 236 Å². The molecule has 2 N–H and O–H groups in total. The van der Waals surface area contributed by atoms with Gasteiger partial charge in [0, 0.05) is 25.0 Å². The van der Waals surface area contributed by atoms with Gasteiger partial charge < -0.3 is 24.5 Å². The van der Waals surface area contributed by atoms with Gasteiger partial charge in [-0.15, -0.1) is 5.06 Å². The molecule has 0 spiro atoms. The maximum atomic E-state index is 12.6. The van der Waals surface area contributed by atoms with Crippen molar-refractivity contribution in [2.45, 2.75) is 271 Å². The monoisotopic (exact) mass is 855 g/mol. The van der Waals surface area contributed by atoms with E-state index in [-0.39, 0.29) is 54.1 Å². The molecular weight excluding hydrogens is 765 g/mol. The molecule has 0 aromatic heterocycles. The number of aliphatic carboxylic acids is 2. The molecule has 0 saturated carbocycles. The summed E-state index contributed by atoms with van der Waals surface area (Å²) in [6.45, 7) is 22.8. The second-order valence-electron chi connectivity index (χ2n) is 19.7. The lowest BCUT2D eigenvalue weighted by Crippen LogP contribution is -2.65. The number of hydrogen-bond acceptors (Lipinski definition) is 10. The van der Waals surface area contributed by atoms with E-state index in [0.717, 1.165) is 83.7 Å². The van der Waals surface area contributed by atoms with Gasteiger partial charge in [0.25, 0.3) is 0 Å². The molecule has 2 saturated heterocycles. The highest BCUT2D eigenvalue weighted by molar-refractivity contribution is 5.76. The summed E-state index contributed by atoms with van der Waals surface area (Å²) in [4.78, 5) is 57.9. The fraction of sp³-hybridized carbons (Fsp3) is 0.917. The predicted octanol–water partition coefficient (Wildman–Crippen LogP) is 11.8. The summed E-state index contributed by atoms with van der Waals surface area (Å²) in [6.07, 6.45) is 23.9. The number of hydroxylamine groups is 4. The summed E-state index contributed by atoms with van der Waals surface area (Å²) in [5.74, 6) is -2.33. The van der Waals surface area contributed by atoms with Crippen LogP contribution in [0.25, 0.3) is 0 Å². The maximum Gasteiger partial charge on any atom is 0.325 e. The van der Waals surface area contributed by atoms with Gasteiger partial charge in [0.05, 0.1) is 42.2 Å². The second kappa shape index (κ2) is 29.2. The Labute approximate surface area is 365 Å². The van der Waals surface area contributed by atoms with Crippen LogP contribution in [0.3, 0.4) is 0 Å². The molecule has 2 rings (SSSR count). The number of carbonyl (C=O) groups excluding carboxylic acids is 2. The van der Waals surface area contributed by atoms with Crippen LogP contribution in [0.2, 0.25) is 0 Å². The minimum Gasteiger partial charge on any atom is -0.481 e. The molecule has 60 heavy (non-hydrogen) atoms. The third kappa shape index (κ3) is 21.7. The normalized spacial score (nSPS) is 20.8. The molecule has 2 aliphatic rings. The number of unbranched alkanes of at least 4 members (excludes halogenated alkanes) is 15. The van der Waals surface area contributed by atoms with Gasteiger partial charge in [0.1, 0.15) is 6.10 Å². The van der Waals surface area contributed by atoms with E-state index >= 15 is 0 Å². The van der Waals surface area contributed by atoms with Crippen molar-refractivity contribution in [3.05, 3.63) is 0 Å². The maximum absolute atomic E-state index is 12.6. The van der Waals surface area contributed by atoms with Crippen molar-refractivity contribution in [2.75, 3.05) is 13.2 Å². The highest BCUT2D eigenvalue weighted by Gasteiger charge is 2.51. The van der Waals surface area contributed by atoms with Gasteiger partial charge in [0.2, 0.25) is 0 Å². The summed E-state index contributed by atoms with van der Waals surface area (Å²) in [7, 11) is 0. The number of piperidine rings is 2. The quantitative estimate of drug-likeness (QED) is 0.0522. The molecular formula is C48H90N2O10. The molecule has 0 radical (unpaired) electrons. The van der Waals surface area contributed by atoms with E-state index in [0.29, 0.717) is 13.0 Å². The highest BCUT2D eigenvalue weighted by Crippen LogP contribution is 2.42. The summed E-state index contributed by atoms with van der Waals surface area (Å²) in [5, 5.41) is 21.3. The molecule has 2 aliphatic heterocycles. The Bertz CT molecular complexity index is 1220. The third-order valence-electron chi connectivity index (χ3n) is 12.3. The number of esters is 1. The molecule has 0 aromatic carbocycles. The van der Waals surface area contributed by atoms with Crippen LogP contribution in [-0.4, -0.2) is 91.8 Å².